The summed E-state index contributed by atoms with van der Waals surface area (Å²) < 4.78 is 0. The molecule has 0 spiro atoms. The molecule has 0 aromatic heterocycles. The van der Waals surface area contributed by atoms with Crippen LogP contribution < -0.4 is 32.7 Å². The highest BCUT2D eigenvalue weighted by molar-refractivity contribution is 5.92. The third-order valence-corrected chi connectivity index (χ3v) is 5.84. The van der Waals surface area contributed by atoms with Crippen molar-refractivity contribution in [3.8, 4) is 0 Å². The zero-order chi connectivity index (χ0) is 27.1. The first-order chi connectivity index (χ1) is 17.1. The average molecular weight is 509 g/mol. The molecule has 13 nitrogen and oxygen atoms in total. The minimum atomic E-state index is -1.30. The molecule has 3 amide bonds. The van der Waals surface area contributed by atoms with Gasteiger partial charge in [0.15, 0.2) is 18.3 Å². The SMILES string of the molecule is CC[C@H](C)[C@@H](C=O)N[C@@H]1NC(=O)[C@H](N[C@H](C=O)CCCN=C(N)N)NC(=O)CCC=CCN(C)C1=O. The smallest absolute Gasteiger partial charge is 0.260 e. The fourth-order valence-electron chi connectivity index (χ4n) is 3.40. The van der Waals surface area contributed by atoms with Gasteiger partial charge in [0.2, 0.25) is 5.91 Å². The molecule has 0 saturated carbocycles. The van der Waals surface area contributed by atoms with Gasteiger partial charge < -0.3 is 36.6 Å². The maximum Gasteiger partial charge on any atom is 0.260 e. The second kappa shape index (κ2) is 16.4. The molecule has 0 aliphatic carbocycles. The molecule has 0 saturated heterocycles. The molecule has 0 radical (unpaired) electrons. The lowest BCUT2D eigenvalue weighted by atomic mass is 10.00. The molecule has 5 atom stereocenters. The summed E-state index contributed by atoms with van der Waals surface area (Å²) in [6, 6.07) is -1.48. The van der Waals surface area contributed by atoms with Crippen LogP contribution in [0.2, 0.25) is 0 Å². The quantitative estimate of drug-likeness (QED) is 0.0572. The number of likely N-dealkylation sites (N-methyl/N-ethyl adjacent to an activating group) is 1. The maximum absolute atomic E-state index is 13.2. The number of aliphatic imine (C=N–C) groups is 1. The first-order valence-corrected chi connectivity index (χ1v) is 12.1. The van der Waals surface area contributed by atoms with Gasteiger partial charge in [-0.2, -0.15) is 0 Å². The number of aldehydes is 2. The molecule has 202 valence electrons. The van der Waals surface area contributed by atoms with Crippen molar-refractivity contribution in [2.45, 2.75) is 70.4 Å². The molecule has 0 aromatic carbocycles. The fraction of sp³-hybridized carbons (Fsp3) is 0.652. The third kappa shape index (κ3) is 11.0. The number of carbonyl (C=O) groups excluding carboxylic acids is 5. The van der Waals surface area contributed by atoms with Gasteiger partial charge in [-0.1, -0.05) is 32.4 Å². The van der Waals surface area contributed by atoms with Crippen LogP contribution in [0.5, 0.6) is 0 Å². The van der Waals surface area contributed by atoms with Crippen LogP contribution in [0.15, 0.2) is 17.1 Å². The molecule has 0 bridgehead atoms. The first kappa shape index (κ1) is 30.7. The van der Waals surface area contributed by atoms with Gasteiger partial charge in [-0.25, -0.2) is 0 Å². The average Bonchev–Trinajstić information content (AvgIpc) is 2.85. The molecule has 8 N–H and O–H groups in total. The number of amides is 3. The molecule has 13 heteroatoms. The van der Waals surface area contributed by atoms with Crippen molar-refractivity contribution < 1.29 is 24.0 Å². The van der Waals surface area contributed by atoms with E-state index in [4.69, 9.17) is 11.5 Å². The van der Waals surface area contributed by atoms with Crippen molar-refractivity contribution in [2.75, 3.05) is 20.1 Å². The number of rotatable bonds is 12. The fourth-order valence-corrected chi connectivity index (χ4v) is 3.40. The largest absolute Gasteiger partial charge is 0.370 e. The van der Waals surface area contributed by atoms with Crippen LogP contribution in [-0.4, -0.2) is 85.7 Å². The molecular formula is C23H40N8O5. The van der Waals surface area contributed by atoms with Gasteiger partial charge >= 0.3 is 0 Å². The third-order valence-electron chi connectivity index (χ3n) is 5.84. The topological polar surface area (TPSA) is 201 Å². The van der Waals surface area contributed by atoms with E-state index in [1.165, 1.54) is 4.90 Å². The number of hydrogen-bond donors (Lipinski definition) is 6. The molecule has 1 aliphatic heterocycles. The highest BCUT2D eigenvalue weighted by Gasteiger charge is 2.32. The molecular weight excluding hydrogens is 468 g/mol. The van der Waals surface area contributed by atoms with Gasteiger partial charge in [-0.05, 0) is 25.2 Å². The minimum absolute atomic E-state index is 0.0688. The molecule has 36 heavy (non-hydrogen) atoms. The number of nitrogens with zero attached hydrogens (tertiary/aromatic N) is 2. The van der Waals surface area contributed by atoms with E-state index >= 15 is 0 Å². The van der Waals surface area contributed by atoms with Crippen molar-refractivity contribution in [1.82, 2.24) is 26.2 Å². The number of nitrogens with one attached hydrogen (secondary N) is 4. The summed E-state index contributed by atoms with van der Waals surface area (Å²) in [5, 5.41) is 10.9. The van der Waals surface area contributed by atoms with E-state index in [1.807, 2.05) is 13.8 Å². The predicted molar refractivity (Wildman–Crippen MR) is 135 cm³/mol. The Morgan fingerprint density at radius 2 is 1.89 bits per heavy atom. The maximum atomic E-state index is 13.2. The summed E-state index contributed by atoms with van der Waals surface area (Å²) in [6.07, 6.45) is 4.24. The summed E-state index contributed by atoms with van der Waals surface area (Å²) in [7, 11) is 1.57. The molecule has 0 unspecified atom stereocenters. The molecule has 1 heterocycles. The Kier molecular flexibility index (Phi) is 14.0. The van der Waals surface area contributed by atoms with Crippen molar-refractivity contribution >= 4 is 36.3 Å². The van der Waals surface area contributed by atoms with Crippen LogP contribution >= 0.6 is 0 Å². The van der Waals surface area contributed by atoms with Crippen molar-refractivity contribution in [3.63, 3.8) is 0 Å². The van der Waals surface area contributed by atoms with Crippen molar-refractivity contribution in [2.24, 2.45) is 22.4 Å². The van der Waals surface area contributed by atoms with Crippen LogP contribution in [0.25, 0.3) is 0 Å². The zero-order valence-corrected chi connectivity index (χ0v) is 21.2. The lowest BCUT2D eigenvalue weighted by Gasteiger charge is -2.30. The monoisotopic (exact) mass is 508 g/mol. The Balaban J connectivity index is 3.16. The van der Waals surface area contributed by atoms with Crippen molar-refractivity contribution in [1.29, 1.82) is 0 Å². The Morgan fingerprint density at radius 1 is 1.17 bits per heavy atom. The Morgan fingerprint density at radius 3 is 2.50 bits per heavy atom. The second-order valence-corrected chi connectivity index (χ2v) is 8.74. The van der Waals surface area contributed by atoms with E-state index in [9.17, 15) is 24.0 Å². The highest BCUT2D eigenvalue weighted by atomic mass is 16.2. The van der Waals surface area contributed by atoms with Gasteiger partial charge in [-0.15, -0.1) is 0 Å². The van der Waals surface area contributed by atoms with E-state index in [0.29, 0.717) is 44.8 Å². The van der Waals surface area contributed by atoms with Crippen LogP contribution in [0.1, 0.15) is 46.0 Å². The Bertz CT molecular complexity index is 814. The van der Waals surface area contributed by atoms with E-state index < -0.39 is 42.1 Å². The van der Waals surface area contributed by atoms with Crippen LogP contribution in [0, 0.1) is 5.92 Å². The van der Waals surface area contributed by atoms with Gasteiger partial charge in [0.1, 0.15) is 12.6 Å². The van der Waals surface area contributed by atoms with Crippen molar-refractivity contribution in [3.05, 3.63) is 12.2 Å². The van der Waals surface area contributed by atoms with Crippen LogP contribution in [-0.2, 0) is 24.0 Å². The second-order valence-electron chi connectivity index (χ2n) is 8.74. The lowest BCUT2D eigenvalue weighted by Crippen LogP contribution is -2.65. The van der Waals surface area contributed by atoms with Gasteiger partial charge in [0, 0.05) is 26.6 Å². The zero-order valence-electron chi connectivity index (χ0n) is 21.2. The molecule has 0 fully saturated rings. The summed E-state index contributed by atoms with van der Waals surface area (Å²) >= 11 is 0. The summed E-state index contributed by atoms with van der Waals surface area (Å²) in [5.74, 6) is -1.77. The minimum Gasteiger partial charge on any atom is -0.370 e. The van der Waals surface area contributed by atoms with E-state index in [2.05, 4.69) is 26.3 Å². The standard InChI is InChI=1S/C23H40N8O5/c1-4-15(2)17(14-33)28-20-22(36)31(3)12-7-5-6-10-18(34)29-19(21(35)30-20)27-16(13-32)9-8-11-26-23(24)25/h5,7,13-17,19-20,27-28H,4,6,8-12H2,1-3H3,(H,29,34)(H,30,35)(H4,24,25,26)/t15-,16-,17+,19+,20+/m0/s1. The number of hydrogen-bond acceptors (Lipinski definition) is 8. The first-order valence-electron chi connectivity index (χ1n) is 12.1. The van der Waals surface area contributed by atoms with Gasteiger partial charge in [0.25, 0.3) is 11.8 Å². The predicted octanol–water partition coefficient (Wildman–Crippen LogP) is -1.91. The highest BCUT2D eigenvalue weighted by Crippen LogP contribution is 2.07. The van der Waals surface area contributed by atoms with Crippen LogP contribution in [0.4, 0.5) is 0 Å². The van der Waals surface area contributed by atoms with E-state index in [1.54, 1.807) is 19.2 Å². The number of guanidine groups is 1. The normalized spacial score (nSPS) is 22.1. The molecule has 0 aromatic rings. The lowest BCUT2D eigenvalue weighted by molar-refractivity contribution is -0.138. The summed E-state index contributed by atoms with van der Waals surface area (Å²) in [5.41, 5.74) is 10.6. The van der Waals surface area contributed by atoms with Gasteiger partial charge in [0.05, 0.1) is 12.1 Å². The Labute approximate surface area is 211 Å². The number of allylic oxidation sites excluding steroid dienone is 1. The number of nitrogens with two attached hydrogens (primary N) is 2. The van der Waals surface area contributed by atoms with Crippen LogP contribution in [0.3, 0.4) is 0 Å². The Hall–Kier alpha value is -3.32. The van der Waals surface area contributed by atoms with E-state index in [0.717, 1.165) is 0 Å². The molecule has 1 rings (SSSR count). The summed E-state index contributed by atoms with van der Waals surface area (Å²) in [4.78, 5) is 67.4. The number of carbonyl (C=O) groups is 5. The summed E-state index contributed by atoms with van der Waals surface area (Å²) in [6.45, 7) is 4.31. The molecule has 1 aliphatic rings. The van der Waals surface area contributed by atoms with E-state index in [-0.39, 0.29) is 24.8 Å². The van der Waals surface area contributed by atoms with Gasteiger partial charge in [-0.3, -0.25) is 30.0 Å².